The quantitative estimate of drug-likeness (QED) is 0.400. The van der Waals surface area contributed by atoms with Crippen LogP contribution in [0.1, 0.15) is 15.9 Å². The van der Waals surface area contributed by atoms with Gasteiger partial charge in [-0.15, -0.1) is 0 Å². The van der Waals surface area contributed by atoms with Crippen molar-refractivity contribution in [2.24, 2.45) is 0 Å². The molecule has 0 spiro atoms. The van der Waals surface area contributed by atoms with Crippen molar-refractivity contribution in [3.05, 3.63) is 71.1 Å². The first-order valence-corrected chi connectivity index (χ1v) is 12.4. The Morgan fingerprint density at radius 1 is 1.18 bits per heavy atom. The highest BCUT2D eigenvalue weighted by atomic mass is 35.5. The summed E-state index contributed by atoms with van der Waals surface area (Å²) >= 11 is 6.50. The second-order valence-electron chi connectivity index (χ2n) is 7.52. The first kappa shape index (κ1) is 23.5. The highest BCUT2D eigenvalue weighted by Crippen LogP contribution is 2.27. The molecule has 0 radical (unpaired) electrons. The van der Waals surface area contributed by atoms with Crippen molar-refractivity contribution in [3.8, 4) is 0 Å². The molecule has 34 heavy (non-hydrogen) atoms. The van der Waals surface area contributed by atoms with Gasteiger partial charge in [-0.3, -0.25) is 9.10 Å². The Bertz CT molecular complexity index is 1470. The molecule has 2 N–H and O–H groups in total. The number of fused-ring (bicyclic) bond motifs is 1. The summed E-state index contributed by atoms with van der Waals surface area (Å²) in [4.78, 5) is 24.9. The number of halogens is 1. The van der Waals surface area contributed by atoms with Crippen LogP contribution < -0.4 is 14.9 Å². The maximum absolute atomic E-state index is 12.1. The molecule has 0 saturated heterocycles. The fourth-order valence-electron chi connectivity index (χ4n) is 3.36. The highest BCUT2D eigenvalue weighted by Gasteiger charge is 2.19. The second-order valence-corrected chi connectivity index (χ2v) is 9.92. The zero-order chi connectivity index (χ0) is 24.5. The first-order chi connectivity index (χ1) is 16.2. The minimum Gasteiger partial charge on any atom is -0.355 e. The molecule has 0 bridgehead atoms. The number of benzene rings is 1. The number of sulfonamides is 1. The third-order valence-electron chi connectivity index (χ3n) is 5.21. The fraction of sp³-hybridized carbons (Fsp3) is 0.182. The van der Waals surface area contributed by atoms with E-state index < -0.39 is 10.0 Å². The number of nitrogens with zero attached hydrogens (tertiary/aromatic N) is 5. The minimum atomic E-state index is -3.49. The topological polar surface area (TPSA) is 122 Å². The summed E-state index contributed by atoms with van der Waals surface area (Å²) in [6.45, 7) is 0.253. The van der Waals surface area contributed by atoms with Gasteiger partial charge >= 0.3 is 0 Å². The number of amides is 1. The molecule has 3 aromatic heterocycles. The van der Waals surface area contributed by atoms with Crippen LogP contribution in [-0.2, 0) is 16.6 Å². The molecule has 0 aliphatic heterocycles. The largest absolute Gasteiger partial charge is 0.355 e. The Morgan fingerprint density at radius 2 is 1.91 bits per heavy atom. The van der Waals surface area contributed by atoms with Crippen LogP contribution >= 0.6 is 11.6 Å². The van der Waals surface area contributed by atoms with Gasteiger partial charge in [0.1, 0.15) is 16.6 Å². The van der Waals surface area contributed by atoms with Gasteiger partial charge in [0.2, 0.25) is 16.0 Å². The molecule has 10 nitrogen and oxygen atoms in total. The summed E-state index contributed by atoms with van der Waals surface area (Å²) in [5.41, 5.74) is 2.48. The van der Waals surface area contributed by atoms with Gasteiger partial charge in [0.15, 0.2) is 0 Å². The maximum Gasteiger partial charge on any atom is 0.251 e. The van der Waals surface area contributed by atoms with Gasteiger partial charge in [-0.05, 0) is 36.4 Å². The molecule has 0 saturated carbocycles. The lowest BCUT2D eigenvalue weighted by Crippen LogP contribution is -2.27. The summed E-state index contributed by atoms with van der Waals surface area (Å²) < 4.78 is 27.0. The molecule has 3 heterocycles. The average Bonchev–Trinajstić information content (AvgIpc) is 3.12. The Morgan fingerprint density at radius 3 is 2.59 bits per heavy atom. The van der Waals surface area contributed by atoms with Crippen LogP contribution in [0.2, 0.25) is 5.15 Å². The highest BCUT2D eigenvalue weighted by molar-refractivity contribution is 7.92. The number of carbonyl (C=O) groups is 1. The van der Waals surface area contributed by atoms with Crippen molar-refractivity contribution in [1.29, 1.82) is 0 Å². The van der Waals surface area contributed by atoms with Crippen molar-refractivity contribution in [3.63, 3.8) is 0 Å². The lowest BCUT2D eigenvalue weighted by molar-refractivity contribution is 0.0963. The molecular formula is C22H22ClN7O3S. The minimum absolute atomic E-state index is 0.173. The molecule has 0 aliphatic carbocycles. The van der Waals surface area contributed by atoms with Gasteiger partial charge in [-0.25, -0.2) is 18.4 Å². The smallest absolute Gasteiger partial charge is 0.251 e. The van der Waals surface area contributed by atoms with E-state index in [1.165, 1.54) is 13.2 Å². The number of aromatic nitrogens is 4. The summed E-state index contributed by atoms with van der Waals surface area (Å²) in [6, 6.07) is 12.2. The zero-order valence-corrected chi connectivity index (χ0v) is 20.2. The summed E-state index contributed by atoms with van der Waals surface area (Å²) in [5, 5.41) is 6.85. The number of hydrogen-bond donors (Lipinski definition) is 2. The SMILES string of the molecule is CNC(=O)c1ccc(Nc2ncc3cc(Cl)n(Cc4cccnc4N(C)S(C)(=O)=O)c3n2)cc1. The lowest BCUT2D eigenvalue weighted by atomic mass is 10.2. The number of hydrogen-bond acceptors (Lipinski definition) is 7. The number of carbonyl (C=O) groups excluding carboxylic acids is 1. The van der Waals surface area contributed by atoms with E-state index in [0.29, 0.717) is 39.4 Å². The van der Waals surface area contributed by atoms with Gasteiger partial charge < -0.3 is 15.2 Å². The van der Waals surface area contributed by atoms with E-state index in [9.17, 15) is 13.2 Å². The molecule has 4 aromatic rings. The van der Waals surface area contributed by atoms with E-state index in [1.807, 2.05) is 0 Å². The van der Waals surface area contributed by atoms with Crippen LogP contribution in [0.3, 0.4) is 0 Å². The van der Waals surface area contributed by atoms with Crippen LogP contribution in [0, 0.1) is 0 Å². The summed E-state index contributed by atoms with van der Waals surface area (Å²) in [5.74, 6) is 0.482. The zero-order valence-electron chi connectivity index (χ0n) is 18.7. The molecule has 1 amide bonds. The molecule has 176 valence electrons. The van der Waals surface area contributed by atoms with Crippen LogP contribution in [0.15, 0.2) is 54.9 Å². The van der Waals surface area contributed by atoms with E-state index in [2.05, 4.69) is 25.6 Å². The van der Waals surface area contributed by atoms with Gasteiger partial charge in [0.05, 0.1) is 12.8 Å². The van der Waals surface area contributed by atoms with Gasteiger partial charge in [0, 0.05) is 48.7 Å². The van der Waals surface area contributed by atoms with Crippen molar-refractivity contribution >= 4 is 56.0 Å². The van der Waals surface area contributed by atoms with Crippen LogP contribution in [0.5, 0.6) is 0 Å². The Hall–Kier alpha value is -3.70. The molecule has 0 fully saturated rings. The third kappa shape index (κ3) is 4.80. The van der Waals surface area contributed by atoms with Crippen molar-refractivity contribution in [1.82, 2.24) is 24.8 Å². The molecule has 1 aromatic carbocycles. The van der Waals surface area contributed by atoms with E-state index in [-0.39, 0.29) is 12.5 Å². The molecule has 12 heteroatoms. The average molecular weight is 500 g/mol. The summed E-state index contributed by atoms with van der Waals surface area (Å²) in [7, 11) is -0.464. The Balaban J connectivity index is 1.66. The third-order valence-corrected chi connectivity index (χ3v) is 6.69. The van der Waals surface area contributed by atoms with Crippen molar-refractivity contribution in [2.45, 2.75) is 6.54 Å². The molecule has 0 aliphatic rings. The van der Waals surface area contributed by atoms with E-state index in [1.54, 1.807) is 60.3 Å². The molecule has 0 unspecified atom stereocenters. The molecular weight excluding hydrogens is 478 g/mol. The molecule has 0 atom stereocenters. The lowest BCUT2D eigenvalue weighted by Gasteiger charge is -2.19. The van der Waals surface area contributed by atoms with Gasteiger partial charge in [-0.1, -0.05) is 17.7 Å². The van der Waals surface area contributed by atoms with Crippen LogP contribution in [0.4, 0.5) is 17.5 Å². The van der Waals surface area contributed by atoms with Gasteiger partial charge in [0.25, 0.3) is 5.91 Å². The Kier molecular flexibility index (Phi) is 6.40. The normalized spacial score (nSPS) is 11.4. The van der Waals surface area contributed by atoms with Crippen molar-refractivity contribution in [2.75, 3.05) is 30.0 Å². The van der Waals surface area contributed by atoms with Crippen molar-refractivity contribution < 1.29 is 13.2 Å². The standard InChI is InChI=1S/C22H22ClN7O3S/c1-24-21(31)14-6-8-17(9-7-14)27-22-26-12-16-11-18(23)30(20(16)28-22)13-15-5-4-10-25-19(15)29(2)34(3,32)33/h4-12H,13H2,1-3H3,(H,24,31)(H,26,27,28). The predicted octanol–water partition coefficient (Wildman–Crippen LogP) is 3.03. The van der Waals surface area contributed by atoms with E-state index in [0.717, 1.165) is 15.9 Å². The number of rotatable bonds is 7. The van der Waals surface area contributed by atoms with E-state index >= 15 is 0 Å². The van der Waals surface area contributed by atoms with Crippen LogP contribution in [-0.4, -0.2) is 54.2 Å². The Labute approximate surface area is 201 Å². The van der Waals surface area contributed by atoms with E-state index in [4.69, 9.17) is 11.6 Å². The first-order valence-electron chi connectivity index (χ1n) is 10.2. The van der Waals surface area contributed by atoms with Gasteiger partial charge in [-0.2, -0.15) is 4.98 Å². The number of anilines is 3. The summed E-state index contributed by atoms with van der Waals surface area (Å²) in [6.07, 6.45) is 4.31. The predicted molar refractivity (Wildman–Crippen MR) is 132 cm³/mol. The van der Waals surface area contributed by atoms with Crippen LogP contribution in [0.25, 0.3) is 11.0 Å². The maximum atomic E-state index is 12.1. The number of nitrogens with one attached hydrogen (secondary N) is 2. The second kappa shape index (κ2) is 9.27. The monoisotopic (exact) mass is 499 g/mol. The number of pyridine rings is 1. The fourth-order valence-corrected chi connectivity index (χ4v) is 4.10. The molecule has 4 rings (SSSR count).